The predicted octanol–water partition coefficient (Wildman–Crippen LogP) is 2.64. The zero-order chi connectivity index (χ0) is 15.4. The van der Waals surface area contributed by atoms with E-state index in [0.29, 0.717) is 5.56 Å². The van der Waals surface area contributed by atoms with E-state index < -0.39 is 30.4 Å². The summed E-state index contributed by atoms with van der Waals surface area (Å²) in [5, 5.41) is 13.5. The van der Waals surface area contributed by atoms with Crippen LogP contribution in [-0.2, 0) is 6.61 Å². The third kappa shape index (κ3) is 3.93. The second-order valence-corrected chi connectivity index (χ2v) is 4.04. The van der Waals surface area contributed by atoms with Gasteiger partial charge in [0.1, 0.15) is 5.82 Å². The molecular weight excluding hydrogens is 287 g/mol. The van der Waals surface area contributed by atoms with Gasteiger partial charge in [0.15, 0.2) is 0 Å². The first-order chi connectivity index (χ1) is 9.97. The Balaban J connectivity index is 2.13. The average molecular weight is 297 g/mol. The van der Waals surface area contributed by atoms with Gasteiger partial charge in [-0.3, -0.25) is 0 Å². The Hall–Kier alpha value is -2.61. The first-order valence-corrected chi connectivity index (χ1v) is 5.78. The summed E-state index contributed by atoms with van der Waals surface area (Å²) in [6, 6.07) is 4.24. The van der Waals surface area contributed by atoms with Crippen LogP contribution in [0, 0.1) is 17.7 Å². The molecule has 1 heterocycles. The van der Waals surface area contributed by atoms with Gasteiger partial charge >= 0.3 is 6.03 Å². The lowest BCUT2D eigenvalue weighted by Crippen LogP contribution is -2.20. The number of hydrogen-bond donors (Lipinski definition) is 3. The molecule has 3 N–H and O–H groups in total. The van der Waals surface area contributed by atoms with Crippen LogP contribution < -0.4 is 10.6 Å². The van der Waals surface area contributed by atoms with Crippen LogP contribution in [0.25, 0.3) is 0 Å². The highest BCUT2D eigenvalue weighted by molar-refractivity contribution is 6.00. The molecule has 0 aliphatic carbocycles. The van der Waals surface area contributed by atoms with Crippen molar-refractivity contribution in [3.05, 3.63) is 53.6 Å². The first kappa shape index (κ1) is 14.8. The number of pyridine rings is 1. The smallest absolute Gasteiger partial charge is 0.323 e. The minimum atomic E-state index is -1.09. The fourth-order valence-corrected chi connectivity index (χ4v) is 1.62. The van der Waals surface area contributed by atoms with Crippen molar-refractivity contribution in [2.75, 3.05) is 10.6 Å². The number of nitrogens with one attached hydrogen (secondary N) is 2. The average Bonchev–Trinajstić information content (AvgIpc) is 2.37. The predicted molar refractivity (Wildman–Crippen MR) is 69.1 cm³/mol. The molecule has 5 nitrogen and oxygen atoms in total. The number of benzene rings is 1. The van der Waals surface area contributed by atoms with Gasteiger partial charge in [-0.2, -0.15) is 13.8 Å². The van der Waals surface area contributed by atoms with Crippen molar-refractivity contribution in [2.24, 2.45) is 0 Å². The highest BCUT2D eigenvalue weighted by atomic mass is 19.1. The molecule has 1 aromatic carbocycles. The lowest BCUT2D eigenvalue weighted by Gasteiger charge is -2.11. The van der Waals surface area contributed by atoms with E-state index in [9.17, 15) is 18.0 Å². The van der Waals surface area contributed by atoms with E-state index in [1.165, 1.54) is 6.07 Å². The molecule has 2 rings (SSSR count). The van der Waals surface area contributed by atoms with Crippen molar-refractivity contribution < 1.29 is 23.1 Å². The monoisotopic (exact) mass is 297 g/mol. The molecule has 2 aromatic rings. The molecule has 1 aromatic heterocycles. The maximum atomic E-state index is 13.1. The number of hydrogen-bond acceptors (Lipinski definition) is 3. The minimum Gasteiger partial charge on any atom is -0.392 e. The van der Waals surface area contributed by atoms with Gasteiger partial charge in [-0.05, 0) is 12.1 Å². The Morgan fingerprint density at radius 1 is 1.10 bits per heavy atom. The van der Waals surface area contributed by atoms with E-state index in [2.05, 4.69) is 15.6 Å². The maximum Gasteiger partial charge on any atom is 0.323 e. The van der Waals surface area contributed by atoms with Crippen LogP contribution in [0.4, 0.5) is 29.3 Å². The van der Waals surface area contributed by atoms with Crippen LogP contribution in [0.15, 0.2) is 30.3 Å². The summed E-state index contributed by atoms with van der Waals surface area (Å²) in [6.45, 7) is -0.408. The minimum absolute atomic E-state index is 0.0463. The molecule has 110 valence electrons. The largest absolute Gasteiger partial charge is 0.392 e. The van der Waals surface area contributed by atoms with Crippen molar-refractivity contribution in [2.45, 2.75) is 6.61 Å². The first-order valence-electron chi connectivity index (χ1n) is 5.78. The van der Waals surface area contributed by atoms with Crippen LogP contribution in [-0.4, -0.2) is 16.1 Å². The number of aliphatic hydroxyl groups excluding tert-OH is 1. The van der Waals surface area contributed by atoms with Crippen LogP contribution >= 0.6 is 0 Å². The highest BCUT2D eigenvalue weighted by Crippen LogP contribution is 2.18. The Morgan fingerprint density at radius 3 is 2.38 bits per heavy atom. The fourth-order valence-electron chi connectivity index (χ4n) is 1.62. The standard InChI is InChI=1S/C13H10F3N3O2/c14-8-2-1-7(6-20)10(3-8)18-13(21)17-9-4-11(15)19-12(16)5-9/h1-5,20H,6H2,(H2,17,18,19,21). The summed E-state index contributed by atoms with van der Waals surface area (Å²) in [4.78, 5) is 14.6. The highest BCUT2D eigenvalue weighted by Gasteiger charge is 2.09. The van der Waals surface area contributed by atoms with Gasteiger partial charge in [0.05, 0.1) is 18.0 Å². The topological polar surface area (TPSA) is 74.2 Å². The number of carbonyl (C=O) groups excluding carboxylic acids is 1. The Labute approximate surface area is 117 Å². The molecule has 0 radical (unpaired) electrons. The van der Waals surface area contributed by atoms with E-state index in [1.807, 2.05) is 0 Å². The number of carbonyl (C=O) groups is 1. The van der Waals surface area contributed by atoms with Gasteiger partial charge in [-0.25, -0.2) is 9.18 Å². The van der Waals surface area contributed by atoms with Crippen LogP contribution in [0.2, 0.25) is 0 Å². The number of urea groups is 1. The quantitative estimate of drug-likeness (QED) is 0.762. The summed E-state index contributed by atoms with van der Waals surface area (Å²) >= 11 is 0. The molecule has 0 spiro atoms. The van der Waals surface area contributed by atoms with Gasteiger partial charge in [0, 0.05) is 17.7 Å². The van der Waals surface area contributed by atoms with Gasteiger partial charge in [0.2, 0.25) is 11.9 Å². The second-order valence-electron chi connectivity index (χ2n) is 4.04. The Bertz CT molecular complexity index is 659. The SMILES string of the molecule is O=C(Nc1cc(F)nc(F)c1)Nc1cc(F)ccc1CO. The molecule has 0 aliphatic heterocycles. The maximum absolute atomic E-state index is 13.1. The number of anilines is 2. The number of amides is 2. The molecule has 0 atom stereocenters. The molecule has 0 saturated heterocycles. The van der Waals surface area contributed by atoms with Crippen molar-refractivity contribution in [3.8, 4) is 0 Å². The van der Waals surface area contributed by atoms with Crippen molar-refractivity contribution >= 4 is 17.4 Å². The normalized spacial score (nSPS) is 10.3. The molecule has 8 heteroatoms. The van der Waals surface area contributed by atoms with Gasteiger partial charge in [-0.15, -0.1) is 0 Å². The summed E-state index contributed by atoms with van der Waals surface area (Å²) < 4.78 is 38.8. The lowest BCUT2D eigenvalue weighted by atomic mass is 10.2. The molecule has 0 aliphatic rings. The lowest BCUT2D eigenvalue weighted by molar-refractivity contribution is 0.262. The molecular formula is C13H10F3N3O2. The summed E-state index contributed by atoms with van der Waals surface area (Å²) in [6.07, 6.45) is 0. The third-order valence-electron chi connectivity index (χ3n) is 2.51. The zero-order valence-electron chi connectivity index (χ0n) is 10.5. The van der Waals surface area contributed by atoms with Gasteiger partial charge in [0.25, 0.3) is 0 Å². The summed E-state index contributed by atoms with van der Waals surface area (Å²) in [7, 11) is 0. The molecule has 2 amide bonds. The molecule has 0 saturated carbocycles. The number of halogens is 3. The number of nitrogens with zero attached hydrogens (tertiary/aromatic N) is 1. The third-order valence-corrected chi connectivity index (χ3v) is 2.51. The summed E-state index contributed by atoms with van der Waals surface area (Å²) in [5.74, 6) is -2.79. The molecule has 0 unspecified atom stereocenters. The second kappa shape index (κ2) is 6.23. The van der Waals surface area contributed by atoms with Crippen molar-refractivity contribution in [3.63, 3.8) is 0 Å². The number of aromatic nitrogens is 1. The van der Waals surface area contributed by atoms with E-state index >= 15 is 0 Å². The Morgan fingerprint density at radius 2 is 1.76 bits per heavy atom. The molecule has 21 heavy (non-hydrogen) atoms. The van der Waals surface area contributed by atoms with Crippen LogP contribution in [0.5, 0.6) is 0 Å². The van der Waals surface area contributed by atoms with E-state index in [0.717, 1.165) is 24.3 Å². The van der Waals surface area contributed by atoms with Crippen LogP contribution in [0.1, 0.15) is 5.56 Å². The van der Waals surface area contributed by atoms with E-state index in [-0.39, 0.29) is 11.4 Å². The number of aliphatic hydroxyl groups is 1. The van der Waals surface area contributed by atoms with Gasteiger partial charge < -0.3 is 15.7 Å². The molecule has 0 fully saturated rings. The van der Waals surface area contributed by atoms with Crippen molar-refractivity contribution in [1.82, 2.24) is 4.98 Å². The van der Waals surface area contributed by atoms with E-state index in [1.54, 1.807) is 0 Å². The fraction of sp³-hybridized carbons (Fsp3) is 0.0769. The zero-order valence-corrected chi connectivity index (χ0v) is 10.5. The van der Waals surface area contributed by atoms with Crippen LogP contribution in [0.3, 0.4) is 0 Å². The summed E-state index contributed by atoms with van der Waals surface area (Å²) in [5.41, 5.74) is 0.183. The van der Waals surface area contributed by atoms with Gasteiger partial charge in [-0.1, -0.05) is 6.07 Å². The number of rotatable bonds is 3. The molecule has 0 bridgehead atoms. The Kier molecular flexibility index (Phi) is 4.39. The van der Waals surface area contributed by atoms with E-state index in [4.69, 9.17) is 5.11 Å². The van der Waals surface area contributed by atoms with Crippen molar-refractivity contribution in [1.29, 1.82) is 0 Å².